The van der Waals surface area contributed by atoms with Gasteiger partial charge < -0.3 is 4.74 Å². The van der Waals surface area contributed by atoms with E-state index in [2.05, 4.69) is 17.7 Å². The Bertz CT molecular complexity index is 1240. The van der Waals surface area contributed by atoms with Gasteiger partial charge in [0.05, 0.1) is 5.56 Å². The van der Waals surface area contributed by atoms with E-state index in [4.69, 9.17) is 0 Å². The number of aryl methyl sites for hydroxylation is 2. The monoisotopic (exact) mass is 510 g/mol. The van der Waals surface area contributed by atoms with Gasteiger partial charge in [0.2, 0.25) is 5.75 Å². The molecule has 192 valence electrons. The highest BCUT2D eigenvalue weighted by molar-refractivity contribution is 5.78. The molecular weight excluding hydrogens is 485 g/mol. The van der Waals surface area contributed by atoms with Crippen LogP contribution in [0.3, 0.4) is 0 Å². The Morgan fingerprint density at radius 2 is 1.47 bits per heavy atom. The standard InChI is InChI=1S/C28H25F7O/c1-2-3-4-5-6-7-16-8-10-19-17(12-16)9-11-20-21(19)15-22(29)25(26(20)32)18-13-23(30)27(24(31)14-18)36-28(33,34)35/h8,10,12-15H,2-7,9,11H2,1H3. The van der Waals surface area contributed by atoms with Crippen molar-refractivity contribution >= 4 is 0 Å². The summed E-state index contributed by atoms with van der Waals surface area (Å²) in [5.41, 5.74) is 2.15. The summed E-state index contributed by atoms with van der Waals surface area (Å²) in [5.74, 6) is -7.17. The molecule has 0 N–H and O–H groups in total. The van der Waals surface area contributed by atoms with Gasteiger partial charge in [-0.15, -0.1) is 13.2 Å². The molecule has 0 radical (unpaired) electrons. The summed E-state index contributed by atoms with van der Waals surface area (Å²) in [6.45, 7) is 2.16. The number of halogens is 7. The van der Waals surface area contributed by atoms with Gasteiger partial charge in [0, 0.05) is 0 Å². The topological polar surface area (TPSA) is 9.23 Å². The Labute approximate surface area is 204 Å². The van der Waals surface area contributed by atoms with Crippen LogP contribution < -0.4 is 4.74 Å². The molecule has 0 amide bonds. The number of hydrogen-bond acceptors (Lipinski definition) is 1. The maximum Gasteiger partial charge on any atom is 0.573 e. The zero-order chi connectivity index (χ0) is 26.0. The van der Waals surface area contributed by atoms with E-state index in [0.29, 0.717) is 29.7 Å². The predicted octanol–water partition coefficient (Wildman–Crippen LogP) is 9.09. The number of hydrogen-bond donors (Lipinski definition) is 0. The van der Waals surface area contributed by atoms with Crippen LogP contribution >= 0.6 is 0 Å². The van der Waals surface area contributed by atoms with Crippen LogP contribution in [0.1, 0.15) is 55.7 Å². The van der Waals surface area contributed by atoms with Gasteiger partial charge in [-0.2, -0.15) is 0 Å². The van der Waals surface area contributed by atoms with E-state index < -0.39 is 46.5 Å². The third kappa shape index (κ3) is 5.52. The Morgan fingerprint density at radius 1 is 0.778 bits per heavy atom. The number of alkyl halides is 3. The highest BCUT2D eigenvalue weighted by Gasteiger charge is 2.34. The lowest BCUT2D eigenvalue weighted by atomic mass is 9.82. The van der Waals surface area contributed by atoms with Crippen molar-refractivity contribution in [2.45, 2.75) is 64.7 Å². The first-order valence-corrected chi connectivity index (χ1v) is 12.0. The second-order valence-corrected chi connectivity index (χ2v) is 9.05. The van der Waals surface area contributed by atoms with Crippen molar-refractivity contribution in [2.24, 2.45) is 0 Å². The summed E-state index contributed by atoms with van der Waals surface area (Å²) in [4.78, 5) is 0. The summed E-state index contributed by atoms with van der Waals surface area (Å²) in [6.07, 6.45) is 2.17. The second-order valence-electron chi connectivity index (χ2n) is 9.05. The van der Waals surface area contributed by atoms with Crippen molar-refractivity contribution in [3.63, 3.8) is 0 Å². The third-order valence-electron chi connectivity index (χ3n) is 6.50. The summed E-state index contributed by atoms with van der Waals surface area (Å²) >= 11 is 0. The smallest absolute Gasteiger partial charge is 0.399 e. The predicted molar refractivity (Wildman–Crippen MR) is 124 cm³/mol. The highest BCUT2D eigenvalue weighted by atomic mass is 19.4. The summed E-state index contributed by atoms with van der Waals surface area (Å²) in [5, 5.41) is 0. The molecule has 1 aliphatic carbocycles. The maximum atomic E-state index is 15.5. The first-order valence-electron chi connectivity index (χ1n) is 12.0. The molecule has 1 nitrogen and oxygen atoms in total. The fourth-order valence-electron chi connectivity index (χ4n) is 4.79. The van der Waals surface area contributed by atoms with Gasteiger partial charge in [-0.3, -0.25) is 0 Å². The average molecular weight is 510 g/mol. The summed E-state index contributed by atoms with van der Waals surface area (Å²) in [6, 6.07) is 7.83. The molecule has 0 atom stereocenters. The van der Waals surface area contributed by atoms with Crippen LogP contribution in [0.4, 0.5) is 30.7 Å². The minimum atomic E-state index is -5.33. The number of rotatable bonds is 8. The van der Waals surface area contributed by atoms with Gasteiger partial charge in [0.25, 0.3) is 0 Å². The van der Waals surface area contributed by atoms with Gasteiger partial charge in [0.1, 0.15) is 11.6 Å². The molecule has 0 spiro atoms. The number of unbranched alkanes of at least 4 members (excludes halogenated alkanes) is 4. The van der Waals surface area contributed by atoms with Crippen molar-refractivity contribution in [1.82, 2.24) is 0 Å². The Morgan fingerprint density at radius 3 is 2.14 bits per heavy atom. The van der Waals surface area contributed by atoms with Crippen LogP contribution in [0.25, 0.3) is 22.3 Å². The molecule has 0 saturated heterocycles. The number of ether oxygens (including phenoxy) is 1. The highest BCUT2D eigenvalue weighted by Crippen LogP contribution is 2.41. The first kappa shape index (κ1) is 26.0. The van der Waals surface area contributed by atoms with Crippen LogP contribution in [0.2, 0.25) is 0 Å². The van der Waals surface area contributed by atoms with E-state index >= 15 is 8.78 Å². The molecule has 8 heteroatoms. The largest absolute Gasteiger partial charge is 0.573 e. The van der Waals surface area contributed by atoms with Gasteiger partial charge >= 0.3 is 6.36 Å². The van der Waals surface area contributed by atoms with E-state index in [0.717, 1.165) is 30.9 Å². The number of fused-ring (bicyclic) bond motifs is 3. The Balaban J connectivity index is 1.65. The zero-order valence-corrected chi connectivity index (χ0v) is 19.7. The van der Waals surface area contributed by atoms with Crippen molar-refractivity contribution < 1.29 is 35.5 Å². The van der Waals surface area contributed by atoms with E-state index in [-0.39, 0.29) is 12.0 Å². The normalized spacial score (nSPS) is 12.9. The molecule has 4 rings (SSSR count). The third-order valence-corrected chi connectivity index (χ3v) is 6.50. The first-order chi connectivity index (χ1) is 17.1. The minimum absolute atomic E-state index is 0.197. The molecule has 0 saturated carbocycles. The quantitative estimate of drug-likeness (QED) is 0.217. The van der Waals surface area contributed by atoms with Crippen LogP contribution in [0.5, 0.6) is 5.75 Å². The fraction of sp³-hybridized carbons (Fsp3) is 0.357. The van der Waals surface area contributed by atoms with Crippen LogP contribution in [0.15, 0.2) is 36.4 Å². The van der Waals surface area contributed by atoms with Crippen molar-refractivity contribution in [3.8, 4) is 28.0 Å². The lowest BCUT2D eigenvalue weighted by Gasteiger charge is -2.23. The zero-order valence-electron chi connectivity index (χ0n) is 19.7. The van der Waals surface area contributed by atoms with E-state index in [9.17, 15) is 22.0 Å². The summed E-state index contributed by atoms with van der Waals surface area (Å²) < 4.78 is 99.6. The lowest BCUT2D eigenvalue weighted by molar-refractivity contribution is -0.276. The van der Waals surface area contributed by atoms with Gasteiger partial charge in [0.15, 0.2) is 11.6 Å². The van der Waals surface area contributed by atoms with Crippen molar-refractivity contribution in [1.29, 1.82) is 0 Å². The van der Waals surface area contributed by atoms with Gasteiger partial charge in [-0.25, -0.2) is 17.6 Å². The Hall–Kier alpha value is -3.03. The molecule has 0 aliphatic heterocycles. The van der Waals surface area contributed by atoms with Crippen LogP contribution in [-0.4, -0.2) is 6.36 Å². The summed E-state index contributed by atoms with van der Waals surface area (Å²) in [7, 11) is 0. The van der Waals surface area contributed by atoms with E-state index in [1.54, 1.807) is 0 Å². The second kappa shape index (κ2) is 10.5. The molecule has 0 bridgehead atoms. The molecule has 1 aliphatic rings. The van der Waals surface area contributed by atoms with Crippen molar-refractivity contribution in [3.05, 3.63) is 76.4 Å². The molecular formula is C28H25F7O. The van der Waals surface area contributed by atoms with Gasteiger partial charge in [-0.05, 0) is 77.3 Å². The van der Waals surface area contributed by atoms with E-state index in [1.807, 2.05) is 12.1 Å². The average Bonchev–Trinajstić information content (AvgIpc) is 2.80. The molecule has 3 aromatic carbocycles. The molecule has 0 heterocycles. The molecule has 36 heavy (non-hydrogen) atoms. The van der Waals surface area contributed by atoms with Crippen LogP contribution in [0, 0.1) is 23.3 Å². The Kier molecular flexibility index (Phi) is 7.62. The SMILES string of the molecule is CCCCCCCc1ccc2c(c1)CCc1c-2cc(F)c(-c2cc(F)c(OC(F)(F)F)c(F)c2)c1F. The molecule has 0 aromatic heterocycles. The maximum absolute atomic E-state index is 15.5. The number of benzene rings is 3. The minimum Gasteiger partial charge on any atom is -0.399 e. The van der Waals surface area contributed by atoms with Gasteiger partial charge in [-0.1, -0.05) is 50.8 Å². The van der Waals surface area contributed by atoms with Crippen molar-refractivity contribution in [2.75, 3.05) is 0 Å². The van der Waals surface area contributed by atoms with Crippen LogP contribution in [-0.2, 0) is 19.3 Å². The molecule has 0 fully saturated rings. The fourth-order valence-corrected chi connectivity index (χ4v) is 4.79. The van der Waals surface area contributed by atoms with E-state index in [1.165, 1.54) is 24.8 Å². The molecule has 3 aromatic rings. The molecule has 0 unspecified atom stereocenters. The lowest BCUT2D eigenvalue weighted by Crippen LogP contribution is -2.19.